The number of aromatic nitrogens is 1. The number of aromatic amines is 1. The molecule has 82 valence electrons. The lowest BCUT2D eigenvalue weighted by Gasteiger charge is -2.06. The SMILES string of the molecule is CCCc1[nH]c(=O)ccc1C(=O)OCC. The Morgan fingerprint density at radius 3 is 2.73 bits per heavy atom. The smallest absolute Gasteiger partial charge is 0.339 e. The van der Waals surface area contributed by atoms with Gasteiger partial charge < -0.3 is 9.72 Å². The number of carbonyl (C=O) groups excluding carboxylic acids is 1. The highest BCUT2D eigenvalue weighted by Gasteiger charge is 2.12. The predicted octanol–water partition coefficient (Wildman–Crippen LogP) is 1.50. The molecule has 0 atom stereocenters. The van der Waals surface area contributed by atoms with Crippen molar-refractivity contribution >= 4 is 5.97 Å². The molecule has 4 heteroatoms. The fourth-order valence-electron chi connectivity index (χ4n) is 1.36. The van der Waals surface area contributed by atoms with Crippen molar-refractivity contribution in [2.75, 3.05) is 6.61 Å². The third kappa shape index (κ3) is 2.94. The molecule has 0 aliphatic rings. The Kier molecular flexibility index (Phi) is 4.09. The van der Waals surface area contributed by atoms with Crippen molar-refractivity contribution in [1.82, 2.24) is 4.98 Å². The molecular formula is C11H15NO3. The molecule has 1 rings (SSSR count). The zero-order chi connectivity index (χ0) is 11.3. The number of pyridine rings is 1. The van der Waals surface area contributed by atoms with Crippen molar-refractivity contribution in [3.05, 3.63) is 33.7 Å². The van der Waals surface area contributed by atoms with Crippen LogP contribution in [0.15, 0.2) is 16.9 Å². The molecule has 1 aromatic heterocycles. The van der Waals surface area contributed by atoms with Gasteiger partial charge in [-0.2, -0.15) is 0 Å². The van der Waals surface area contributed by atoms with Crippen molar-refractivity contribution in [2.24, 2.45) is 0 Å². The maximum absolute atomic E-state index is 11.5. The minimum atomic E-state index is -0.378. The Bertz CT molecular complexity index is 395. The van der Waals surface area contributed by atoms with E-state index in [1.165, 1.54) is 12.1 Å². The Hall–Kier alpha value is -1.58. The van der Waals surface area contributed by atoms with Crippen molar-refractivity contribution in [2.45, 2.75) is 26.7 Å². The second-order valence-corrected chi connectivity index (χ2v) is 3.19. The average Bonchev–Trinajstić information content (AvgIpc) is 2.18. The van der Waals surface area contributed by atoms with Crippen LogP contribution in [0.25, 0.3) is 0 Å². The standard InChI is InChI=1S/C11H15NO3/c1-3-5-9-8(11(14)15-4-2)6-7-10(13)12-9/h6-7H,3-5H2,1-2H3,(H,12,13). The van der Waals surface area contributed by atoms with E-state index in [0.29, 0.717) is 24.3 Å². The fourth-order valence-corrected chi connectivity index (χ4v) is 1.36. The van der Waals surface area contributed by atoms with E-state index in [2.05, 4.69) is 4.98 Å². The highest BCUT2D eigenvalue weighted by atomic mass is 16.5. The molecule has 0 aromatic carbocycles. The normalized spacial score (nSPS) is 10.0. The van der Waals surface area contributed by atoms with Gasteiger partial charge in [-0.15, -0.1) is 0 Å². The number of ether oxygens (including phenoxy) is 1. The molecule has 0 bridgehead atoms. The molecule has 0 saturated carbocycles. The van der Waals surface area contributed by atoms with Crippen molar-refractivity contribution in [3.8, 4) is 0 Å². The average molecular weight is 209 g/mol. The number of hydrogen-bond donors (Lipinski definition) is 1. The highest BCUT2D eigenvalue weighted by molar-refractivity contribution is 5.90. The predicted molar refractivity (Wildman–Crippen MR) is 57.0 cm³/mol. The molecule has 4 nitrogen and oxygen atoms in total. The molecule has 0 radical (unpaired) electrons. The highest BCUT2D eigenvalue weighted by Crippen LogP contribution is 2.07. The summed E-state index contributed by atoms with van der Waals surface area (Å²) in [5.74, 6) is -0.378. The van der Waals surface area contributed by atoms with Gasteiger partial charge in [-0.3, -0.25) is 4.79 Å². The number of aryl methyl sites for hydroxylation is 1. The lowest BCUT2D eigenvalue weighted by Crippen LogP contribution is -2.15. The van der Waals surface area contributed by atoms with Crippen LogP contribution in [0.1, 0.15) is 36.3 Å². The van der Waals surface area contributed by atoms with Crippen LogP contribution in [0.2, 0.25) is 0 Å². The lowest BCUT2D eigenvalue weighted by molar-refractivity contribution is 0.0524. The molecule has 0 saturated heterocycles. The van der Waals surface area contributed by atoms with Crippen LogP contribution in [-0.2, 0) is 11.2 Å². The summed E-state index contributed by atoms with van der Waals surface area (Å²) >= 11 is 0. The third-order valence-corrected chi connectivity index (χ3v) is 2.00. The first-order valence-electron chi connectivity index (χ1n) is 5.08. The summed E-state index contributed by atoms with van der Waals surface area (Å²) in [6.07, 6.45) is 1.54. The first kappa shape index (κ1) is 11.5. The van der Waals surface area contributed by atoms with E-state index in [1.807, 2.05) is 6.92 Å². The number of rotatable bonds is 4. The number of nitrogens with one attached hydrogen (secondary N) is 1. The monoisotopic (exact) mass is 209 g/mol. The summed E-state index contributed by atoms with van der Waals surface area (Å²) in [6, 6.07) is 2.85. The maximum atomic E-state index is 11.5. The summed E-state index contributed by atoms with van der Waals surface area (Å²) in [7, 11) is 0. The number of hydrogen-bond acceptors (Lipinski definition) is 3. The Morgan fingerprint density at radius 1 is 1.40 bits per heavy atom. The molecule has 0 fully saturated rings. The van der Waals surface area contributed by atoms with E-state index >= 15 is 0 Å². The molecule has 0 spiro atoms. The van der Waals surface area contributed by atoms with Crippen LogP contribution in [0.4, 0.5) is 0 Å². The molecule has 0 aliphatic carbocycles. The van der Waals surface area contributed by atoms with Gasteiger partial charge >= 0.3 is 5.97 Å². The van der Waals surface area contributed by atoms with E-state index < -0.39 is 0 Å². The summed E-state index contributed by atoms with van der Waals surface area (Å²) in [4.78, 5) is 25.3. The van der Waals surface area contributed by atoms with E-state index in [1.54, 1.807) is 6.92 Å². The van der Waals surface area contributed by atoms with Gasteiger partial charge in [-0.1, -0.05) is 13.3 Å². The third-order valence-electron chi connectivity index (χ3n) is 2.00. The Morgan fingerprint density at radius 2 is 2.13 bits per heavy atom. The number of esters is 1. The largest absolute Gasteiger partial charge is 0.462 e. The van der Waals surface area contributed by atoms with Crippen molar-refractivity contribution in [3.63, 3.8) is 0 Å². The van der Waals surface area contributed by atoms with Crippen LogP contribution >= 0.6 is 0 Å². The number of carbonyl (C=O) groups is 1. The van der Waals surface area contributed by atoms with Crippen LogP contribution in [-0.4, -0.2) is 17.6 Å². The van der Waals surface area contributed by atoms with E-state index in [0.717, 1.165) is 6.42 Å². The van der Waals surface area contributed by atoms with Crippen molar-refractivity contribution in [1.29, 1.82) is 0 Å². The van der Waals surface area contributed by atoms with Gasteiger partial charge in [0.1, 0.15) is 0 Å². The number of H-pyrrole nitrogens is 1. The van der Waals surface area contributed by atoms with Crippen LogP contribution < -0.4 is 5.56 Å². The molecule has 0 amide bonds. The topological polar surface area (TPSA) is 59.2 Å². The molecule has 0 unspecified atom stereocenters. The van der Waals surface area contributed by atoms with Gasteiger partial charge in [-0.05, 0) is 19.4 Å². The van der Waals surface area contributed by atoms with Gasteiger partial charge in [0.2, 0.25) is 5.56 Å². The zero-order valence-electron chi connectivity index (χ0n) is 9.00. The van der Waals surface area contributed by atoms with E-state index in [-0.39, 0.29) is 11.5 Å². The van der Waals surface area contributed by atoms with E-state index in [4.69, 9.17) is 4.74 Å². The van der Waals surface area contributed by atoms with Gasteiger partial charge in [-0.25, -0.2) is 4.79 Å². The molecule has 15 heavy (non-hydrogen) atoms. The lowest BCUT2D eigenvalue weighted by atomic mass is 10.1. The summed E-state index contributed by atoms with van der Waals surface area (Å²) < 4.78 is 4.89. The minimum Gasteiger partial charge on any atom is -0.462 e. The summed E-state index contributed by atoms with van der Waals surface area (Å²) in [5.41, 5.74) is 0.924. The van der Waals surface area contributed by atoms with Gasteiger partial charge in [0, 0.05) is 11.8 Å². The quantitative estimate of drug-likeness (QED) is 0.764. The molecule has 1 aromatic rings. The molecular weight excluding hydrogens is 194 g/mol. The molecule has 1 heterocycles. The zero-order valence-corrected chi connectivity index (χ0v) is 9.00. The fraction of sp³-hybridized carbons (Fsp3) is 0.455. The van der Waals surface area contributed by atoms with Crippen LogP contribution in [0.3, 0.4) is 0 Å². The van der Waals surface area contributed by atoms with E-state index in [9.17, 15) is 9.59 Å². The second kappa shape index (κ2) is 5.34. The van der Waals surface area contributed by atoms with Gasteiger partial charge in [0.05, 0.1) is 12.2 Å². The Labute approximate surface area is 88.3 Å². The van der Waals surface area contributed by atoms with Crippen molar-refractivity contribution < 1.29 is 9.53 Å². The maximum Gasteiger partial charge on any atom is 0.339 e. The summed E-state index contributed by atoms with van der Waals surface area (Å²) in [5, 5.41) is 0. The molecule has 1 N–H and O–H groups in total. The van der Waals surface area contributed by atoms with Crippen LogP contribution in [0, 0.1) is 0 Å². The Balaban J connectivity index is 3.04. The van der Waals surface area contributed by atoms with Gasteiger partial charge in [0.15, 0.2) is 0 Å². The molecule has 0 aliphatic heterocycles. The second-order valence-electron chi connectivity index (χ2n) is 3.19. The summed E-state index contributed by atoms with van der Waals surface area (Å²) in [6.45, 7) is 4.08. The van der Waals surface area contributed by atoms with Crippen LogP contribution in [0.5, 0.6) is 0 Å². The van der Waals surface area contributed by atoms with Gasteiger partial charge in [0.25, 0.3) is 0 Å². The first-order chi connectivity index (χ1) is 7.19. The minimum absolute atomic E-state index is 0.188. The first-order valence-corrected chi connectivity index (χ1v) is 5.08.